The lowest BCUT2D eigenvalue weighted by atomic mass is 10.2. The molecule has 1 unspecified atom stereocenters. The lowest BCUT2D eigenvalue weighted by Gasteiger charge is -2.16. The molecule has 2 nitrogen and oxygen atoms in total. The van der Waals surface area contributed by atoms with Crippen LogP contribution in [0.25, 0.3) is 0 Å². The van der Waals surface area contributed by atoms with E-state index >= 15 is 0 Å². The normalized spacial score (nSPS) is 19.5. The lowest BCUT2D eigenvalue weighted by molar-refractivity contribution is 0.320. The number of nitrogens with one attached hydrogen (secondary N) is 1. The van der Waals surface area contributed by atoms with Crippen molar-refractivity contribution < 1.29 is 0 Å². The highest BCUT2D eigenvalue weighted by Gasteiger charge is 2.21. The quantitative estimate of drug-likeness (QED) is 0.877. The molecule has 3 heteroatoms. The van der Waals surface area contributed by atoms with Crippen LogP contribution in [0.2, 0.25) is 0 Å². The smallest absolute Gasteiger partial charge is 0.0234 e. The van der Waals surface area contributed by atoms with Crippen LogP contribution < -0.4 is 5.32 Å². The average molecular weight is 286 g/mol. The van der Waals surface area contributed by atoms with Crippen molar-refractivity contribution in [1.82, 2.24) is 10.2 Å². The second-order valence-electron chi connectivity index (χ2n) is 5.49. The number of benzene rings is 1. The Kier molecular flexibility index (Phi) is 4.85. The molecular formula is C17H22N2S. The third-order valence-corrected chi connectivity index (χ3v) is 4.84. The molecule has 0 spiro atoms. The SMILES string of the molecule is c1ccc(CN2CCC(NCCc3cccs3)C2)cc1. The molecule has 1 aromatic carbocycles. The number of nitrogens with zero attached hydrogens (tertiary/aromatic N) is 1. The van der Waals surface area contributed by atoms with E-state index in [1.165, 1.54) is 30.0 Å². The van der Waals surface area contributed by atoms with Crippen molar-refractivity contribution in [2.75, 3.05) is 19.6 Å². The van der Waals surface area contributed by atoms with Gasteiger partial charge >= 0.3 is 0 Å². The van der Waals surface area contributed by atoms with Crippen molar-refractivity contribution in [2.24, 2.45) is 0 Å². The van der Waals surface area contributed by atoms with E-state index in [2.05, 4.69) is 58.1 Å². The number of hydrogen-bond acceptors (Lipinski definition) is 3. The Labute approximate surface area is 125 Å². The van der Waals surface area contributed by atoms with Crippen LogP contribution in [-0.2, 0) is 13.0 Å². The van der Waals surface area contributed by atoms with E-state index in [0.29, 0.717) is 6.04 Å². The second kappa shape index (κ2) is 7.02. The van der Waals surface area contributed by atoms with Gasteiger partial charge in [0.05, 0.1) is 0 Å². The average Bonchev–Trinajstić information content (AvgIpc) is 3.12. The summed E-state index contributed by atoms with van der Waals surface area (Å²) in [6, 6.07) is 15.8. The largest absolute Gasteiger partial charge is 0.312 e. The Hall–Kier alpha value is -1.16. The van der Waals surface area contributed by atoms with Gasteiger partial charge < -0.3 is 5.32 Å². The van der Waals surface area contributed by atoms with Crippen LogP contribution in [0.1, 0.15) is 16.9 Å². The van der Waals surface area contributed by atoms with Crippen molar-refractivity contribution in [3.05, 3.63) is 58.3 Å². The summed E-state index contributed by atoms with van der Waals surface area (Å²) < 4.78 is 0. The molecule has 1 saturated heterocycles. The molecule has 0 bridgehead atoms. The van der Waals surface area contributed by atoms with Crippen LogP contribution in [0, 0.1) is 0 Å². The van der Waals surface area contributed by atoms with Gasteiger partial charge in [-0.3, -0.25) is 4.90 Å². The molecule has 2 heterocycles. The summed E-state index contributed by atoms with van der Waals surface area (Å²) in [5.41, 5.74) is 1.42. The molecule has 20 heavy (non-hydrogen) atoms. The number of likely N-dealkylation sites (tertiary alicyclic amines) is 1. The van der Waals surface area contributed by atoms with Crippen LogP contribution >= 0.6 is 11.3 Å². The number of hydrogen-bond donors (Lipinski definition) is 1. The van der Waals surface area contributed by atoms with Crippen molar-refractivity contribution in [1.29, 1.82) is 0 Å². The van der Waals surface area contributed by atoms with Gasteiger partial charge in [0.1, 0.15) is 0 Å². The minimum atomic E-state index is 0.665. The Morgan fingerprint density at radius 2 is 2.05 bits per heavy atom. The molecule has 1 N–H and O–H groups in total. The van der Waals surface area contributed by atoms with E-state index in [9.17, 15) is 0 Å². The molecule has 1 fully saturated rings. The van der Waals surface area contributed by atoms with E-state index in [-0.39, 0.29) is 0 Å². The van der Waals surface area contributed by atoms with Gasteiger partial charge in [0.25, 0.3) is 0 Å². The van der Waals surface area contributed by atoms with Crippen LogP contribution in [0.3, 0.4) is 0 Å². The predicted molar refractivity (Wildman–Crippen MR) is 86.1 cm³/mol. The van der Waals surface area contributed by atoms with Gasteiger partial charge in [-0.15, -0.1) is 11.3 Å². The Bertz CT molecular complexity index is 495. The molecule has 1 aromatic heterocycles. The van der Waals surface area contributed by atoms with Crippen molar-refractivity contribution in [3.63, 3.8) is 0 Å². The highest BCUT2D eigenvalue weighted by molar-refractivity contribution is 7.09. The van der Waals surface area contributed by atoms with Gasteiger partial charge in [-0.2, -0.15) is 0 Å². The van der Waals surface area contributed by atoms with Crippen molar-refractivity contribution in [3.8, 4) is 0 Å². The standard InChI is InChI=1S/C17H22N2S/c1-2-5-15(6-3-1)13-19-11-9-16(14-19)18-10-8-17-7-4-12-20-17/h1-7,12,16,18H,8-11,13-14H2. The zero-order chi connectivity index (χ0) is 13.6. The first-order chi connectivity index (χ1) is 9.90. The highest BCUT2D eigenvalue weighted by atomic mass is 32.1. The van der Waals surface area contributed by atoms with E-state index in [1.54, 1.807) is 0 Å². The van der Waals surface area contributed by atoms with Gasteiger partial charge in [0.2, 0.25) is 0 Å². The fourth-order valence-corrected chi connectivity index (χ4v) is 3.55. The molecule has 0 radical (unpaired) electrons. The molecule has 2 aromatic rings. The fraction of sp³-hybridized carbons (Fsp3) is 0.412. The summed E-state index contributed by atoms with van der Waals surface area (Å²) in [6.07, 6.45) is 2.43. The van der Waals surface area contributed by atoms with Gasteiger partial charge in [-0.05, 0) is 29.9 Å². The van der Waals surface area contributed by atoms with Gasteiger partial charge in [-0.25, -0.2) is 0 Å². The van der Waals surface area contributed by atoms with Gasteiger partial charge in [-0.1, -0.05) is 36.4 Å². The summed E-state index contributed by atoms with van der Waals surface area (Å²) >= 11 is 1.86. The first kappa shape index (κ1) is 13.8. The first-order valence-electron chi connectivity index (χ1n) is 7.42. The predicted octanol–water partition coefficient (Wildman–Crippen LogP) is 3.15. The van der Waals surface area contributed by atoms with Gasteiger partial charge in [0, 0.05) is 37.1 Å². The Morgan fingerprint density at radius 3 is 2.85 bits per heavy atom. The summed E-state index contributed by atoms with van der Waals surface area (Å²) in [5.74, 6) is 0. The molecule has 106 valence electrons. The van der Waals surface area contributed by atoms with Crippen LogP contribution in [0.4, 0.5) is 0 Å². The fourth-order valence-electron chi connectivity index (χ4n) is 2.84. The number of thiophene rings is 1. The van der Waals surface area contributed by atoms with Crippen LogP contribution in [0.5, 0.6) is 0 Å². The van der Waals surface area contributed by atoms with E-state index in [4.69, 9.17) is 0 Å². The molecule has 1 atom stereocenters. The molecule has 1 aliphatic heterocycles. The summed E-state index contributed by atoms with van der Waals surface area (Å²) in [4.78, 5) is 4.04. The topological polar surface area (TPSA) is 15.3 Å². The minimum Gasteiger partial charge on any atom is -0.312 e. The maximum absolute atomic E-state index is 3.70. The Balaban J connectivity index is 1.38. The minimum absolute atomic E-state index is 0.665. The molecule has 0 aliphatic carbocycles. The van der Waals surface area contributed by atoms with Crippen LogP contribution in [-0.4, -0.2) is 30.6 Å². The summed E-state index contributed by atoms with van der Waals surface area (Å²) in [6.45, 7) is 4.58. The Morgan fingerprint density at radius 1 is 1.15 bits per heavy atom. The first-order valence-corrected chi connectivity index (χ1v) is 8.30. The van der Waals surface area contributed by atoms with Crippen LogP contribution in [0.15, 0.2) is 47.8 Å². The third-order valence-electron chi connectivity index (χ3n) is 3.91. The summed E-state index contributed by atoms with van der Waals surface area (Å²) in [5, 5.41) is 5.86. The molecule has 1 aliphatic rings. The zero-order valence-corrected chi connectivity index (χ0v) is 12.6. The third kappa shape index (κ3) is 3.92. The molecule has 3 rings (SSSR count). The van der Waals surface area contributed by atoms with E-state index in [0.717, 1.165) is 19.5 Å². The zero-order valence-electron chi connectivity index (χ0n) is 11.8. The molecule has 0 saturated carbocycles. The lowest BCUT2D eigenvalue weighted by Crippen LogP contribution is -2.33. The maximum Gasteiger partial charge on any atom is 0.0234 e. The second-order valence-corrected chi connectivity index (χ2v) is 6.52. The van der Waals surface area contributed by atoms with E-state index in [1.807, 2.05) is 11.3 Å². The highest BCUT2D eigenvalue weighted by Crippen LogP contribution is 2.14. The monoisotopic (exact) mass is 286 g/mol. The molecular weight excluding hydrogens is 264 g/mol. The van der Waals surface area contributed by atoms with Gasteiger partial charge in [0.15, 0.2) is 0 Å². The van der Waals surface area contributed by atoms with Crippen molar-refractivity contribution >= 4 is 11.3 Å². The summed E-state index contributed by atoms with van der Waals surface area (Å²) in [7, 11) is 0. The molecule has 0 amide bonds. The number of rotatable bonds is 6. The maximum atomic E-state index is 3.70. The van der Waals surface area contributed by atoms with Crippen molar-refractivity contribution in [2.45, 2.75) is 25.4 Å². The van der Waals surface area contributed by atoms with E-state index < -0.39 is 0 Å².